The van der Waals surface area contributed by atoms with Gasteiger partial charge in [0.25, 0.3) is 0 Å². The molecule has 4 nitrogen and oxygen atoms in total. The van der Waals surface area contributed by atoms with E-state index in [9.17, 15) is 4.79 Å². The highest BCUT2D eigenvalue weighted by Crippen LogP contribution is 2.62. The molecule has 0 atom stereocenters. The lowest BCUT2D eigenvalue weighted by atomic mass is 10.0. The van der Waals surface area contributed by atoms with E-state index in [0.717, 1.165) is 11.4 Å². The number of carbonyl (C=O) groups excluding carboxylic acids is 1. The number of amides is 1. The number of methoxy groups -OCH3 is 1. The van der Waals surface area contributed by atoms with E-state index in [4.69, 9.17) is 4.74 Å². The highest BCUT2D eigenvalue weighted by molar-refractivity contribution is 5.92. The average Bonchev–Trinajstić information content (AvgIpc) is 2.78. The van der Waals surface area contributed by atoms with Gasteiger partial charge in [0.15, 0.2) is 0 Å². The molecule has 0 aliphatic heterocycles. The first kappa shape index (κ1) is 14.9. The monoisotopic (exact) mass is 276 g/mol. The fourth-order valence-corrected chi connectivity index (χ4v) is 2.78. The van der Waals surface area contributed by atoms with Crippen LogP contribution in [-0.4, -0.2) is 25.6 Å². The minimum Gasteiger partial charge on any atom is -0.497 e. The van der Waals surface area contributed by atoms with Crippen LogP contribution in [-0.2, 0) is 4.79 Å². The normalized spacial score (nSPS) is 19.4. The van der Waals surface area contributed by atoms with Gasteiger partial charge >= 0.3 is 0 Å². The van der Waals surface area contributed by atoms with Crippen molar-refractivity contribution in [3.8, 4) is 5.75 Å². The Bertz CT molecular complexity index is 478. The molecule has 0 aromatic heterocycles. The van der Waals surface area contributed by atoms with Gasteiger partial charge in [-0.15, -0.1) is 0 Å². The van der Waals surface area contributed by atoms with Crippen molar-refractivity contribution in [1.29, 1.82) is 0 Å². The van der Waals surface area contributed by atoms with Crippen LogP contribution in [0.1, 0.15) is 27.7 Å². The molecule has 2 rings (SSSR count). The first-order chi connectivity index (χ1) is 9.29. The molecule has 1 aliphatic carbocycles. The summed E-state index contributed by atoms with van der Waals surface area (Å²) >= 11 is 0. The predicted molar refractivity (Wildman–Crippen MR) is 81.0 cm³/mol. The van der Waals surface area contributed by atoms with Crippen LogP contribution < -0.4 is 15.4 Å². The Morgan fingerprint density at radius 1 is 1.15 bits per heavy atom. The first-order valence-electron chi connectivity index (χ1n) is 6.96. The lowest BCUT2D eigenvalue weighted by molar-refractivity contribution is -0.115. The van der Waals surface area contributed by atoms with Crippen LogP contribution in [0.3, 0.4) is 0 Å². The lowest BCUT2D eigenvalue weighted by Gasteiger charge is -2.08. The highest BCUT2D eigenvalue weighted by atomic mass is 16.5. The summed E-state index contributed by atoms with van der Waals surface area (Å²) in [6.45, 7) is 9.25. The maximum absolute atomic E-state index is 11.9. The molecule has 0 spiro atoms. The maximum Gasteiger partial charge on any atom is 0.238 e. The molecule has 0 bridgehead atoms. The SMILES string of the molecule is COc1ccc(NC(=O)CNC2C(C)(C)C2(C)C)cc1. The first-order valence-corrected chi connectivity index (χ1v) is 6.96. The summed E-state index contributed by atoms with van der Waals surface area (Å²) < 4.78 is 5.08. The van der Waals surface area contributed by atoms with Gasteiger partial charge in [0.1, 0.15) is 5.75 Å². The van der Waals surface area contributed by atoms with Gasteiger partial charge in [0, 0.05) is 11.7 Å². The summed E-state index contributed by atoms with van der Waals surface area (Å²) in [5.41, 5.74) is 1.27. The van der Waals surface area contributed by atoms with E-state index in [1.54, 1.807) is 7.11 Å². The molecule has 0 saturated heterocycles. The van der Waals surface area contributed by atoms with Crippen molar-refractivity contribution in [3.05, 3.63) is 24.3 Å². The number of anilines is 1. The average molecular weight is 276 g/mol. The zero-order valence-electron chi connectivity index (χ0n) is 12.9. The Morgan fingerprint density at radius 3 is 2.15 bits per heavy atom. The van der Waals surface area contributed by atoms with E-state index in [1.165, 1.54) is 0 Å². The number of rotatable bonds is 5. The zero-order valence-corrected chi connectivity index (χ0v) is 12.9. The van der Waals surface area contributed by atoms with Gasteiger partial charge in [0.05, 0.1) is 13.7 Å². The van der Waals surface area contributed by atoms with Gasteiger partial charge in [-0.3, -0.25) is 4.79 Å². The molecular formula is C16H24N2O2. The fraction of sp³-hybridized carbons (Fsp3) is 0.562. The van der Waals surface area contributed by atoms with Crippen LogP contribution >= 0.6 is 0 Å². The second-order valence-electron chi connectivity index (χ2n) is 6.53. The molecule has 110 valence electrons. The molecule has 0 unspecified atom stereocenters. The van der Waals surface area contributed by atoms with Crippen molar-refractivity contribution in [2.24, 2.45) is 10.8 Å². The number of benzene rings is 1. The third-order valence-corrected chi connectivity index (χ3v) is 4.86. The van der Waals surface area contributed by atoms with Crippen molar-refractivity contribution in [2.45, 2.75) is 33.7 Å². The molecule has 1 saturated carbocycles. The standard InChI is InChI=1S/C16H24N2O2/c1-15(2)14(16(15,3)4)17-10-13(19)18-11-6-8-12(20-5)9-7-11/h6-9,14,17H,10H2,1-5H3,(H,18,19). The molecule has 1 aromatic rings. The molecule has 1 fully saturated rings. The van der Waals surface area contributed by atoms with Crippen molar-refractivity contribution in [2.75, 3.05) is 19.0 Å². The number of hydrogen-bond donors (Lipinski definition) is 2. The molecule has 0 radical (unpaired) electrons. The van der Waals surface area contributed by atoms with Gasteiger partial charge in [-0.05, 0) is 35.1 Å². The number of hydrogen-bond acceptors (Lipinski definition) is 3. The summed E-state index contributed by atoms with van der Waals surface area (Å²) in [4.78, 5) is 11.9. The van der Waals surface area contributed by atoms with Gasteiger partial charge in [-0.2, -0.15) is 0 Å². The molecular weight excluding hydrogens is 252 g/mol. The Hall–Kier alpha value is -1.55. The van der Waals surface area contributed by atoms with E-state index in [2.05, 4.69) is 38.3 Å². The van der Waals surface area contributed by atoms with Crippen LogP contribution in [0.4, 0.5) is 5.69 Å². The molecule has 4 heteroatoms. The van der Waals surface area contributed by atoms with Crippen molar-refractivity contribution >= 4 is 11.6 Å². The summed E-state index contributed by atoms with van der Waals surface area (Å²) in [5.74, 6) is 0.760. The van der Waals surface area contributed by atoms with Crippen LogP contribution in [0.15, 0.2) is 24.3 Å². The summed E-state index contributed by atoms with van der Waals surface area (Å²) in [7, 11) is 1.62. The van der Waals surface area contributed by atoms with E-state index in [0.29, 0.717) is 12.6 Å². The van der Waals surface area contributed by atoms with Crippen LogP contribution in [0.25, 0.3) is 0 Å². The topological polar surface area (TPSA) is 50.4 Å². The van der Waals surface area contributed by atoms with Crippen LogP contribution in [0.5, 0.6) is 5.75 Å². The van der Waals surface area contributed by atoms with E-state index < -0.39 is 0 Å². The minimum absolute atomic E-state index is 0.0198. The third kappa shape index (κ3) is 2.66. The largest absolute Gasteiger partial charge is 0.497 e. The van der Waals surface area contributed by atoms with Crippen LogP contribution in [0.2, 0.25) is 0 Å². The predicted octanol–water partition coefficient (Wildman–Crippen LogP) is 2.66. The Labute approximate surface area is 120 Å². The molecule has 1 aromatic carbocycles. The van der Waals surface area contributed by atoms with Crippen molar-refractivity contribution < 1.29 is 9.53 Å². The van der Waals surface area contributed by atoms with Gasteiger partial charge < -0.3 is 15.4 Å². The minimum atomic E-state index is -0.0198. The Kier molecular flexibility index (Phi) is 3.78. The zero-order chi connectivity index (χ0) is 15.0. The third-order valence-electron chi connectivity index (χ3n) is 4.86. The number of nitrogens with one attached hydrogen (secondary N) is 2. The van der Waals surface area contributed by atoms with E-state index in [-0.39, 0.29) is 16.7 Å². The van der Waals surface area contributed by atoms with E-state index >= 15 is 0 Å². The number of carbonyl (C=O) groups is 1. The number of ether oxygens (including phenoxy) is 1. The quantitative estimate of drug-likeness (QED) is 0.869. The van der Waals surface area contributed by atoms with Gasteiger partial charge in [-0.25, -0.2) is 0 Å². The fourth-order valence-electron chi connectivity index (χ4n) is 2.78. The Balaban J connectivity index is 1.81. The lowest BCUT2D eigenvalue weighted by Crippen LogP contribution is -2.32. The molecule has 1 aliphatic rings. The summed E-state index contributed by atoms with van der Waals surface area (Å²) in [5, 5.41) is 6.22. The molecule has 20 heavy (non-hydrogen) atoms. The van der Waals surface area contributed by atoms with Crippen LogP contribution in [0, 0.1) is 10.8 Å². The van der Waals surface area contributed by atoms with Gasteiger partial charge in [0.2, 0.25) is 5.91 Å². The molecule has 1 amide bonds. The smallest absolute Gasteiger partial charge is 0.238 e. The van der Waals surface area contributed by atoms with Crippen molar-refractivity contribution in [3.63, 3.8) is 0 Å². The second-order valence-corrected chi connectivity index (χ2v) is 6.53. The molecule has 2 N–H and O–H groups in total. The summed E-state index contributed by atoms with van der Waals surface area (Å²) in [6, 6.07) is 7.71. The summed E-state index contributed by atoms with van der Waals surface area (Å²) in [6.07, 6.45) is 0. The van der Waals surface area contributed by atoms with Crippen molar-refractivity contribution in [1.82, 2.24) is 5.32 Å². The van der Waals surface area contributed by atoms with E-state index in [1.807, 2.05) is 24.3 Å². The highest BCUT2D eigenvalue weighted by Gasteiger charge is 2.64. The molecule has 0 heterocycles. The van der Waals surface area contributed by atoms with Gasteiger partial charge in [-0.1, -0.05) is 27.7 Å². The Morgan fingerprint density at radius 2 is 1.70 bits per heavy atom. The second kappa shape index (κ2) is 5.09. The maximum atomic E-state index is 11.9.